The van der Waals surface area contributed by atoms with E-state index in [0.717, 1.165) is 18.5 Å². The predicted octanol–water partition coefficient (Wildman–Crippen LogP) is 16.1. The minimum Gasteiger partial charge on any atom is -0.472 e. The summed E-state index contributed by atoms with van der Waals surface area (Å²) in [7, 11) is 0. The van der Waals surface area contributed by atoms with Crippen LogP contribution in [0.15, 0.2) is 108 Å². The number of rotatable bonds is 5. The van der Waals surface area contributed by atoms with Gasteiger partial charge >= 0.3 is 0 Å². The van der Waals surface area contributed by atoms with Gasteiger partial charge in [0.2, 0.25) is 0 Å². The molecule has 0 atom stereocenters. The summed E-state index contributed by atoms with van der Waals surface area (Å²) in [4.78, 5) is 5.36. The van der Waals surface area contributed by atoms with Crippen molar-refractivity contribution in [2.45, 2.75) is 180 Å². The lowest BCUT2D eigenvalue weighted by atomic mass is 9.35. The van der Waals surface area contributed by atoms with Gasteiger partial charge in [-0.3, -0.25) is 0 Å². The van der Waals surface area contributed by atoms with Crippen LogP contribution in [0.5, 0.6) is 0 Å². The summed E-state index contributed by atoms with van der Waals surface area (Å²) < 4.78 is 7.81. The second-order valence-electron chi connectivity index (χ2n) is 24.5. The highest BCUT2D eigenvalue weighted by molar-refractivity contribution is 6.99. The Morgan fingerprint density at radius 3 is 1.76 bits per heavy atom. The zero-order valence-corrected chi connectivity index (χ0v) is 41.8. The van der Waals surface area contributed by atoms with Gasteiger partial charge in [0.05, 0.1) is 17.0 Å². The second-order valence-corrected chi connectivity index (χ2v) is 24.5. The maximum absolute atomic E-state index is 7.81. The lowest BCUT2D eigenvalue weighted by Gasteiger charge is -2.45. The molecule has 0 saturated heterocycles. The fourth-order valence-electron chi connectivity index (χ4n) is 12.8. The molecule has 5 aliphatic rings. The van der Waals surface area contributed by atoms with Crippen LogP contribution < -0.4 is 26.4 Å². The summed E-state index contributed by atoms with van der Waals surface area (Å²) in [5.41, 5.74) is 20.7. The van der Waals surface area contributed by atoms with Crippen LogP contribution in [-0.4, -0.2) is 6.71 Å². The van der Waals surface area contributed by atoms with Crippen LogP contribution in [0.25, 0.3) is 11.1 Å². The molecule has 2 fully saturated rings. The summed E-state index contributed by atoms with van der Waals surface area (Å²) in [5.74, 6) is 2.43. The predicted molar refractivity (Wildman–Crippen MR) is 283 cm³/mol. The maximum Gasteiger partial charge on any atom is 0.297 e. The van der Waals surface area contributed by atoms with Gasteiger partial charge in [0.25, 0.3) is 6.71 Å². The lowest BCUT2D eigenvalue weighted by molar-refractivity contribution is 0.282. The largest absolute Gasteiger partial charge is 0.472 e. The minimum absolute atomic E-state index is 0.0147. The molecular weight excluding hydrogens is 800 g/mol. The zero-order chi connectivity index (χ0) is 45.9. The molecule has 5 aromatic carbocycles. The number of anilines is 6. The number of furan rings is 1. The molecule has 0 N–H and O–H groups in total. The molecule has 340 valence electrons. The molecule has 0 amide bonds. The van der Waals surface area contributed by atoms with Crippen LogP contribution in [0, 0.1) is 0 Å². The van der Waals surface area contributed by atoms with Crippen molar-refractivity contribution in [3.8, 4) is 11.1 Å². The van der Waals surface area contributed by atoms with E-state index in [1.807, 2.05) is 0 Å². The highest BCUT2D eigenvalue weighted by atomic mass is 16.3. The third-order valence-corrected chi connectivity index (χ3v) is 16.9. The van der Waals surface area contributed by atoms with Crippen molar-refractivity contribution >= 4 is 57.4 Å². The van der Waals surface area contributed by atoms with Gasteiger partial charge < -0.3 is 14.2 Å². The molecule has 3 nitrogen and oxygen atoms in total. The van der Waals surface area contributed by atoms with E-state index in [1.165, 1.54) is 154 Å². The maximum atomic E-state index is 7.81. The van der Waals surface area contributed by atoms with Crippen LogP contribution in [0.2, 0.25) is 0 Å². The van der Waals surface area contributed by atoms with Gasteiger partial charge in [0.15, 0.2) is 0 Å². The van der Waals surface area contributed by atoms with Crippen molar-refractivity contribution in [3.05, 3.63) is 137 Å². The van der Waals surface area contributed by atoms with Crippen LogP contribution in [-0.2, 0) is 21.7 Å². The molecule has 6 aromatic rings. The van der Waals surface area contributed by atoms with Gasteiger partial charge in [-0.25, -0.2) is 0 Å². The van der Waals surface area contributed by atoms with Crippen molar-refractivity contribution in [1.29, 1.82) is 0 Å². The van der Waals surface area contributed by atoms with Gasteiger partial charge in [0.1, 0.15) is 5.76 Å². The average molecular weight is 873 g/mol. The molecule has 3 aliphatic carbocycles. The molecule has 0 radical (unpaired) electrons. The van der Waals surface area contributed by atoms with Crippen molar-refractivity contribution in [2.24, 2.45) is 0 Å². The van der Waals surface area contributed by atoms with Crippen molar-refractivity contribution < 1.29 is 4.42 Å². The van der Waals surface area contributed by atoms with Crippen LogP contribution in [0.3, 0.4) is 0 Å². The monoisotopic (exact) mass is 873 g/mol. The molecule has 3 heterocycles. The molecule has 11 rings (SSSR count). The van der Waals surface area contributed by atoms with E-state index in [-0.39, 0.29) is 28.4 Å². The Labute approximate surface area is 397 Å². The van der Waals surface area contributed by atoms with E-state index in [9.17, 15) is 0 Å². The smallest absolute Gasteiger partial charge is 0.297 e. The number of nitrogens with zero attached hydrogens (tertiary/aromatic N) is 2. The first kappa shape index (κ1) is 43.6. The fourth-order valence-corrected chi connectivity index (χ4v) is 12.8. The van der Waals surface area contributed by atoms with Gasteiger partial charge in [-0.1, -0.05) is 168 Å². The second kappa shape index (κ2) is 15.8. The van der Waals surface area contributed by atoms with Crippen molar-refractivity contribution in [3.63, 3.8) is 0 Å². The lowest BCUT2D eigenvalue weighted by Crippen LogP contribution is -2.61. The number of hydrogen-bond donors (Lipinski definition) is 0. The van der Waals surface area contributed by atoms with Gasteiger partial charge in [-0.2, -0.15) is 0 Å². The molecule has 0 bridgehead atoms. The molecule has 0 unspecified atom stereocenters. The van der Waals surface area contributed by atoms with E-state index in [2.05, 4.69) is 182 Å². The fraction of sp³-hybridized carbons (Fsp3) is 0.452. The molecule has 2 aliphatic heterocycles. The Bertz CT molecular complexity index is 2800. The van der Waals surface area contributed by atoms with E-state index < -0.39 is 0 Å². The molecule has 4 heteroatoms. The molecule has 2 saturated carbocycles. The highest BCUT2D eigenvalue weighted by Gasteiger charge is 2.53. The summed E-state index contributed by atoms with van der Waals surface area (Å²) in [6.45, 7) is 24.0. The van der Waals surface area contributed by atoms with Crippen LogP contribution in [0.1, 0.15) is 192 Å². The van der Waals surface area contributed by atoms with Crippen molar-refractivity contribution in [1.82, 2.24) is 0 Å². The minimum atomic E-state index is -0.107. The van der Waals surface area contributed by atoms with Crippen molar-refractivity contribution in [2.75, 3.05) is 9.80 Å². The zero-order valence-electron chi connectivity index (χ0n) is 41.8. The van der Waals surface area contributed by atoms with Crippen LogP contribution in [0.4, 0.5) is 34.1 Å². The normalized spacial score (nSPS) is 19.3. The topological polar surface area (TPSA) is 19.6 Å². The number of benzene rings is 5. The first-order valence-electron chi connectivity index (χ1n) is 25.9. The highest BCUT2D eigenvalue weighted by Crippen LogP contribution is 2.56. The first-order chi connectivity index (χ1) is 31.5. The average Bonchev–Trinajstić information content (AvgIpc) is 3.74. The summed E-state index contributed by atoms with van der Waals surface area (Å²) in [6, 6.07) is 41.1. The Kier molecular flexibility index (Phi) is 10.4. The third-order valence-electron chi connectivity index (χ3n) is 16.9. The standard InChI is InChI=1S/C62H73BN2O/c1-59(2,3)45-29-33-50(48(37-45)43-24-18-13-19-25-43)65-53-39-46(60(4,5)6)38-52-55(53)63(58-56(65)54-57(66-58)62(9,10)35-34-61(54,7)8)49-36-44(41-22-16-12-17-23-41)28-32-51(49)64(52)47-30-26-42(27-31-47)40-20-14-11-15-21-40/h13,18-19,24-33,36-41H,11-12,14-17,20-23,34-35H2,1-10H3. The third kappa shape index (κ3) is 7.22. The SMILES string of the molecule is CC(C)(C)c1ccc(N2c3cc(C(C)(C)C)cc4c3B(c3cc(C5CCCCC5)ccc3N4c3ccc(C4CCCCC4)cc3)c3oc4c(c32)C(C)(C)CCC4(C)C)c(-c2ccccc2)c1. The Morgan fingerprint density at radius 2 is 1.12 bits per heavy atom. The van der Waals surface area contributed by atoms with E-state index >= 15 is 0 Å². The quantitative estimate of drug-likeness (QED) is 0.161. The molecular formula is C62H73BN2O. The van der Waals surface area contributed by atoms with Gasteiger partial charge in [-0.05, 0) is 148 Å². The summed E-state index contributed by atoms with van der Waals surface area (Å²) in [5, 5.41) is 0. The Balaban J connectivity index is 1.25. The number of hydrogen-bond acceptors (Lipinski definition) is 3. The molecule has 1 aromatic heterocycles. The summed E-state index contributed by atoms with van der Waals surface area (Å²) >= 11 is 0. The Morgan fingerprint density at radius 1 is 0.545 bits per heavy atom. The first-order valence-corrected chi connectivity index (χ1v) is 25.9. The Hall–Kier alpha value is -4.96. The van der Waals surface area contributed by atoms with E-state index in [1.54, 1.807) is 0 Å². The van der Waals surface area contributed by atoms with E-state index in [0.29, 0.717) is 11.8 Å². The van der Waals surface area contributed by atoms with E-state index in [4.69, 9.17) is 4.42 Å². The van der Waals surface area contributed by atoms with Gasteiger partial charge in [0, 0.05) is 39.3 Å². The summed E-state index contributed by atoms with van der Waals surface area (Å²) in [6.07, 6.45) is 15.4. The number of fused-ring (bicyclic) bond motifs is 6. The molecule has 66 heavy (non-hydrogen) atoms. The van der Waals surface area contributed by atoms with Crippen LogP contribution >= 0.6 is 0 Å². The molecule has 0 spiro atoms. The van der Waals surface area contributed by atoms with Gasteiger partial charge in [-0.15, -0.1) is 0 Å².